The molecule has 0 unspecified atom stereocenters. The van der Waals surface area contributed by atoms with E-state index in [0.29, 0.717) is 13.2 Å². The van der Waals surface area contributed by atoms with Gasteiger partial charge in [0.2, 0.25) is 0 Å². The average molecular weight is 312 g/mol. The molecule has 0 radical (unpaired) electrons. The molecule has 4 nitrogen and oxygen atoms in total. The highest BCUT2D eigenvalue weighted by Gasteiger charge is 2.00. The first-order chi connectivity index (χ1) is 11.0. The predicted octanol–water partition coefficient (Wildman–Crippen LogP) is 3.86. The molecule has 0 aromatic heterocycles. The van der Waals surface area contributed by atoms with E-state index in [2.05, 4.69) is 13.0 Å². The smallest absolute Gasteiger partial charge is 0.328 e. The van der Waals surface area contributed by atoms with Gasteiger partial charge < -0.3 is 14.6 Å². The molecule has 2 rings (SSSR count). The molecule has 1 N–H and O–H groups in total. The number of ether oxygens (including phenoxy) is 2. The van der Waals surface area contributed by atoms with Crippen LogP contribution in [0.2, 0.25) is 0 Å². The quantitative estimate of drug-likeness (QED) is 0.623. The van der Waals surface area contributed by atoms with Crippen molar-refractivity contribution in [2.45, 2.75) is 13.8 Å². The van der Waals surface area contributed by atoms with Crippen LogP contribution in [0.4, 0.5) is 0 Å². The van der Waals surface area contributed by atoms with Crippen molar-refractivity contribution in [3.05, 3.63) is 65.2 Å². The molecule has 120 valence electrons. The molecule has 0 aliphatic carbocycles. The fraction of sp³-hybridized carbons (Fsp3) is 0.211. The maximum absolute atomic E-state index is 10.4. The number of rotatable bonds is 7. The van der Waals surface area contributed by atoms with Crippen LogP contribution in [0.3, 0.4) is 0 Å². The lowest BCUT2D eigenvalue weighted by Gasteiger charge is -2.11. The molecule has 0 atom stereocenters. The lowest BCUT2D eigenvalue weighted by molar-refractivity contribution is -0.131. The second-order valence-electron chi connectivity index (χ2n) is 5.21. The largest absolute Gasteiger partial charge is 0.490 e. The Morgan fingerprint density at radius 3 is 2.39 bits per heavy atom. The lowest BCUT2D eigenvalue weighted by atomic mass is 10.1. The van der Waals surface area contributed by atoms with Gasteiger partial charge in [0.05, 0.1) is 0 Å². The first kappa shape index (κ1) is 16.6. The molecular weight excluding hydrogens is 292 g/mol. The zero-order chi connectivity index (χ0) is 16.7. The molecule has 2 aromatic carbocycles. The fourth-order valence-corrected chi connectivity index (χ4v) is 2.12. The summed E-state index contributed by atoms with van der Waals surface area (Å²) < 4.78 is 11.3. The molecule has 0 aliphatic heterocycles. The zero-order valence-corrected chi connectivity index (χ0v) is 13.3. The van der Waals surface area contributed by atoms with Crippen LogP contribution in [0, 0.1) is 13.8 Å². The molecule has 0 amide bonds. The van der Waals surface area contributed by atoms with E-state index < -0.39 is 5.97 Å². The van der Waals surface area contributed by atoms with E-state index in [0.717, 1.165) is 28.7 Å². The molecule has 0 aliphatic rings. The number of hydrogen-bond acceptors (Lipinski definition) is 3. The van der Waals surface area contributed by atoms with Crippen molar-refractivity contribution in [2.75, 3.05) is 13.2 Å². The van der Waals surface area contributed by atoms with Crippen LogP contribution >= 0.6 is 0 Å². The Labute approximate surface area is 136 Å². The van der Waals surface area contributed by atoms with Gasteiger partial charge in [-0.25, -0.2) is 4.79 Å². The molecule has 0 spiro atoms. The van der Waals surface area contributed by atoms with Gasteiger partial charge in [0, 0.05) is 6.08 Å². The normalized spacial score (nSPS) is 10.7. The third-order valence-electron chi connectivity index (χ3n) is 3.24. The van der Waals surface area contributed by atoms with Crippen molar-refractivity contribution in [2.24, 2.45) is 0 Å². The monoisotopic (exact) mass is 312 g/mol. The molecular formula is C19H20O4. The molecule has 0 saturated carbocycles. The van der Waals surface area contributed by atoms with Gasteiger partial charge in [-0.1, -0.05) is 29.8 Å². The van der Waals surface area contributed by atoms with Crippen LogP contribution in [0.1, 0.15) is 16.7 Å². The van der Waals surface area contributed by atoms with E-state index in [1.165, 1.54) is 11.6 Å². The van der Waals surface area contributed by atoms with Gasteiger partial charge in [0.15, 0.2) is 0 Å². The van der Waals surface area contributed by atoms with Crippen LogP contribution in [-0.2, 0) is 4.79 Å². The summed E-state index contributed by atoms with van der Waals surface area (Å²) in [5.41, 5.74) is 3.13. The Morgan fingerprint density at radius 1 is 1.04 bits per heavy atom. The molecule has 4 heteroatoms. The number of carboxylic acids is 1. The van der Waals surface area contributed by atoms with E-state index in [1.807, 2.05) is 19.1 Å². The molecule has 0 fully saturated rings. The standard InChI is InChI=1S/C19H20O4/c1-14-3-9-18(15(2)13-14)23-12-11-22-17-7-4-16(5-8-17)6-10-19(20)21/h3-10,13H,11-12H2,1-2H3,(H,20,21). The third kappa shape index (κ3) is 5.51. The van der Waals surface area contributed by atoms with Crippen LogP contribution < -0.4 is 9.47 Å². The summed E-state index contributed by atoms with van der Waals surface area (Å²) in [5.74, 6) is 0.629. The molecule has 23 heavy (non-hydrogen) atoms. The summed E-state index contributed by atoms with van der Waals surface area (Å²) in [7, 11) is 0. The van der Waals surface area contributed by atoms with E-state index >= 15 is 0 Å². The maximum atomic E-state index is 10.4. The van der Waals surface area contributed by atoms with Gasteiger partial charge in [-0.15, -0.1) is 0 Å². The Bertz CT molecular complexity index is 687. The van der Waals surface area contributed by atoms with Gasteiger partial charge in [-0.2, -0.15) is 0 Å². The second kappa shape index (κ2) is 8.03. The van der Waals surface area contributed by atoms with Crippen molar-refractivity contribution >= 4 is 12.0 Å². The summed E-state index contributed by atoms with van der Waals surface area (Å²) in [4.78, 5) is 10.4. The highest BCUT2D eigenvalue weighted by Crippen LogP contribution is 2.19. The highest BCUT2D eigenvalue weighted by atomic mass is 16.5. The van der Waals surface area contributed by atoms with E-state index in [1.54, 1.807) is 24.3 Å². The van der Waals surface area contributed by atoms with E-state index in [-0.39, 0.29) is 0 Å². The van der Waals surface area contributed by atoms with Crippen LogP contribution in [0.5, 0.6) is 11.5 Å². The Kier molecular flexibility index (Phi) is 5.80. The number of aliphatic carboxylic acids is 1. The summed E-state index contributed by atoms with van der Waals surface area (Å²) in [6.45, 7) is 4.98. The molecule has 0 heterocycles. The summed E-state index contributed by atoms with van der Waals surface area (Å²) in [6.07, 6.45) is 2.64. The van der Waals surface area contributed by atoms with Crippen LogP contribution in [0.25, 0.3) is 6.08 Å². The van der Waals surface area contributed by atoms with E-state index in [4.69, 9.17) is 14.6 Å². The van der Waals surface area contributed by atoms with Gasteiger partial charge >= 0.3 is 5.97 Å². The predicted molar refractivity (Wildman–Crippen MR) is 90.0 cm³/mol. The minimum absolute atomic E-state index is 0.442. The topological polar surface area (TPSA) is 55.8 Å². The molecule has 0 bridgehead atoms. The lowest BCUT2D eigenvalue weighted by Crippen LogP contribution is -2.09. The Balaban J connectivity index is 1.79. The number of hydrogen-bond donors (Lipinski definition) is 1. The van der Waals surface area contributed by atoms with Gasteiger partial charge in [0.1, 0.15) is 24.7 Å². The van der Waals surface area contributed by atoms with Crippen molar-refractivity contribution in [3.63, 3.8) is 0 Å². The van der Waals surface area contributed by atoms with Gasteiger partial charge in [0.25, 0.3) is 0 Å². The minimum Gasteiger partial charge on any atom is -0.490 e. The van der Waals surface area contributed by atoms with Crippen molar-refractivity contribution in [1.82, 2.24) is 0 Å². The van der Waals surface area contributed by atoms with Crippen LogP contribution in [-0.4, -0.2) is 24.3 Å². The maximum Gasteiger partial charge on any atom is 0.328 e. The third-order valence-corrected chi connectivity index (χ3v) is 3.24. The summed E-state index contributed by atoms with van der Waals surface area (Å²) in [5, 5.41) is 8.58. The van der Waals surface area contributed by atoms with Gasteiger partial charge in [-0.05, 0) is 49.2 Å². The number of carbonyl (C=O) groups is 1. The second-order valence-corrected chi connectivity index (χ2v) is 5.21. The first-order valence-electron chi connectivity index (χ1n) is 7.38. The van der Waals surface area contributed by atoms with Crippen molar-refractivity contribution < 1.29 is 19.4 Å². The Morgan fingerprint density at radius 2 is 1.74 bits per heavy atom. The fourth-order valence-electron chi connectivity index (χ4n) is 2.12. The number of carboxylic acid groups (broad SMARTS) is 1. The van der Waals surface area contributed by atoms with Crippen molar-refractivity contribution in [1.29, 1.82) is 0 Å². The van der Waals surface area contributed by atoms with Gasteiger partial charge in [-0.3, -0.25) is 0 Å². The van der Waals surface area contributed by atoms with E-state index in [9.17, 15) is 4.79 Å². The van der Waals surface area contributed by atoms with Crippen molar-refractivity contribution in [3.8, 4) is 11.5 Å². The average Bonchev–Trinajstić information content (AvgIpc) is 2.52. The Hall–Kier alpha value is -2.75. The number of aryl methyl sites for hydroxylation is 2. The summed E-state index contributed by atoms with van der Waals surface area (Å²) in [6, 6.07) is 13.3. The number of benzene rings is 2. The zero-order valence-electron chi connectivity index (χ0n) is 13.3. The first-order valence-corrected chi connectivity index (χ1v) is 7.38. The van der Waals surface area contributed by atoms with Crippen LogP contribution in [0.15, 0.2) is 48.5 Å². The molecule has 2 aromatic rings. The molecule has 0 saturated heterocycles. The SMILES string of the molecule is Cc1ccc(OCCOc2ccc(C=CC(=O)O)cc2)c(C)c1. The highest BCUT2D eigenvalue weighted by molar-refractivity contribution is 5.85. The minimum atomic E-state index is -0.964. The summed E-state index contributed by atoms with van der Waals surface area (Å²) >= 11 is 0.